The van der Waals surface area contributed by atoms with Crippen LogP contribution in [0.4, 0.5) is 0 Å². The molecular weight excluding hydrogens is 296 g/mol. The number of carbonyl (C=O) groups is 1. The summed E-state index contributed by atoms with van der Waals surface area (Å²) in [7, 11) is 3.12. The van der Waals surface area contributed by atoms with E-state index in [1.54, 1.807) is 50.8 Å². The highest BCUT2D eigenvalue weighted by Gasteiger charge is 2.07. The van der Waals surface area contributed by atoms with Gasteiger partial charge in [-0.1, -0.05) is 6.07 Å². The average molecular weight is 314 g/mol. The summed E-state index contributed by atoms with van der Waals surface area (Å²) in [4.78, 5) is 11.8. The number of hydrogen-bond donors (Lipinski definition) is 1. The molecule has 120 valence electrons. The van der Waals surface area contributed by atoms with Gasteiger partial charge >= 0.3 is 0 Å². The van der Waals surface area contributed by atoms with E-state index in [0.29, 0.717) is 17.3 Å². The third-order valence-corrected chi connectivity index (χ3v) is 2.97. The van der Waals surface area contributed by atoms with Crippen LogP contribution < -0.4 is 14.9 Å². The molecule has 0 fully saturated rings. The molecule has 0 saturated carbocycles. The molecule has 0 spiro atoms. The number of benzene rings is 1. The van der Waals surface area contributed by atoms with E-state index < -0.39 is 0 Å². The third-order valence-electron chi connectivity index (χ3n) is 2.97. The van der Waals surface area contributed by atoms with Gasteiger partial charge in [-0.15, -0.1) is 0 Å². The van der Waals surface area contributed by atoms with Crippen molar-refractivity contribution in [2.75, 3.05) is 14.2 Å². The number of hydrazone groups is 1. The molecule has 0 saturated heterocycles. The van der Waals surface area contributed by atoms with Crippen LogP contribution in [0.2, 0.25) is 0 Å². The van der Waals surface area contributed by atoms with Gasteiger partial charge in [-0.05, 0) is 42.0 Å². The maximum absolute atomic E-state index is 11.8. The Bertz CT molecular complexity index is 691. The van der Waals surface area contributed by atoms with E-state index in [0.717, 1.165) is 5.56 Å². The Labute approximate surface area is 134 Å². The fourth-order valence-electron chi connectivity index (χ4n) is 1.89. The number of rotatable bonds is 7. The zero-order valence-corrected chi connectivity index (χ0v) is 13.0. The Balaban J connectivity index is 1.85. The molecule has 2 rings (SSSR count). The smallest absolute Gasteiger partial charge is 0.244 e. The van der Waals surface area contributed by atoms with Crippen molar-refractivity contribution in [1.82, 2.24) is 5.43 Å². The Morgan fingerprint density at radius 3 is 2.78 bits per heavy atom. The van der Waals surface area contributed by atoms with Crippen molar-refractivity contribution in [1.29, 1.82) is 0 Å². The van der Waals surface area contributed by atoms with Gasteiger partial charge in [-0.2, -0.15) is 5.10 Å². The highest BCUT2D eigenvalue weighted by Crippen LogP contribution is 2.27. The highest BCUT2D eigenvalue weighted by molar-refractivity contribution is 5.82. The molecule has 0 aliphatic carbocycles. The maximum Gasteiger partial charge on any atom is 0.244 e. The van der Waals surface area contributed by atoms with Gasteiger partial charge in [0.1, 0.15) is 5.76 Å². The number of amides is 1. The molecule has 1 amide bonds. The summed E-state index contributed by atoms with van der Waals surface area (Å²) >= 11 is 0. The lowest BCUT2D eigenvalue weighted by atomic mass is 10.1. The number of ether oxygens (including phenoxy) is 2. The van der Waals surface area contributed by atoms with Crippen LogP contribution >= 0.6 is 0 Å². The quantitative estimate of drug-likeness (QED) is 0.630. The molecule has 2 aromatic rings. The van der Waals surface area contributed by atoms with Crippen LogP contribution in [0.3, 0.4) is 0 Å². The number of furan rings is 1. The van der Waals surface area contributed by atoms with Crippen LogP contribution in [-0.2, 0) is 11.2 Å². The van der Waals surface area contributed by atoms with E-state index in [1.165, 1.54) is 6.21 Å². The van der Waals surface area contributed by atoms with Crippen molar-refractivity contribution in [3.05, 3.63) is 54.0 Å². The molecule has 0 aliphatic rings. The van der Waals surface area contributed by atoms with Crippen LogP contribution in [-0.4, -0.2) is 26.3 Å². The fourth-order valence-corrected chi connectivity index (χ4v) is 1.89. The lowest BCUT2D eigenvalue weighted by Gasteiger charge is -2.08. The van der Waals surface area contributed by atoms with E-state index in [9.17, 15) is 4.79 Å². The predicted molar refractivity (Wildman–Crippen MR) is 87.6 cm³/mol. The van der Waals surface area contributed by atoms with Gasteiger partial charge < -0.3 is 13.9 Å². The maximum atomic E-state index is 11.8. The second kappa shape index (κ2) is 8.43. The van der Waals surface area contributed by atoms with Gasteiger partial charge in [-0.3, -0.25) is 4.79 Å². The van der Waals surface area contributed by atoms with Gasteiger partial charge in [0.05, 0.1) is 26.9 Å². The molecule has 0 bridgehead atoms. The molecule has 6 nitrogen and oxygen atoms in total. The summed E-state index contributed by atoms with van der Waals surface area (Å²) in [6.07, 6.45) is 6.68. The van der Waals surface area contributed by atoms with Crippen LogP contribution in [0.1, 0.15) is 11.3 Å². The Morgan fingerprint density at radius 2 is 2.09 bits per heavy atom. The zero-order chi connectivity index (χ0) is 16.5. The van der Waals surface area contributed by atoms with Crippen molar-refractivity contribution < 1.29 is 18.7 Å². The van der Waals surface area contributed by atoms with Crippen molar-refractivity contribution in [3.63, 3.8) is 0 Å². The predicted octanol–water partition coefficient (Wildman–Crippen LogP) is 2.65. The Morgan fingerprint density at radius 1 is 1.26 bits per heavy atom. The molecule has 0 aliphatic heterocycles. The summed E-state index contributed by atoms with van der Waals surface area (Å²) in [5.41, 5.74) is 3.26. The van der Waals surface area contributed by atoms with E-state index in [4.69, 9.17) is 13.9 Å². The summed E-state index contributed by atoms with van der Waals surface area (Å²) in [6, 6.07) is 8.94. The van der Waals surface area contributed by atoms with Gasteiger partial charge in [0.15, 0.2) is 11.5 Å². The number of methoxy groups -OCH3 is 2. The fraction of sp³-hybridized carbons (Fsp3) is 0.176. The minimum atomic E-state index is -0.222. The second-order valence-electron chi connectivity index (χ2n) is 4.55. The number of allylic oxidation sites excluding steroid dienone is 1. The Kier molecular flexibility index (Phi) is 5.99. The van der Waals surface area contributed by atoms with Crippen LogP contribution in [0.5, 0.6) is 11.5 Å². The van der Waals surface area contributed by atoms with Gasteiger partial charge in [0.2, 0.25) is 5.91 Å². The van der Waals surface area contributed by atoms with Crippen LogP contribution in [0.15, 0.2) is 52.2 Å². The molecular formula is C17H18N2O4. The molecule has 0 radical (unpaired) electrons. The summed E-state index contributed by atoms with van der Waals surface area (Å²) in [5, 5.41) is 3.83. The molecule has 1 N–H and O–H groups in total. The molecule has 23 heavy (non-hydrogen) atoms. The first kappa shape index (κ1) is 16.4. The SMILES string of the molecule is COc1ccc(CC(=O)NN=CC=Cc2ccco2)cc1OC. The van der Waals surface area contributed by atoms with E-state index in [-0.39, 0.29) is 12.3 Å². The highest BCUT2D eigenvalue weighted by atomic mass is 16.5. The molecule has 0 atom stereocenters. The normalized spacial score (nSPS) is 11.0. The summed E-state index contributed by atoms with van der Waals surface area (Å²) in [6.45, 7) is 0. The minimum Gasteiger partial charge on any atom is -0.493 e. The van der Waals surface area contributed by atoms with Crippen LogP contribution in [0, 0.1) is 0 Å². The molecule has 1 aromatic heterocycles. The molecule has 6 heteroatoms. The number of nitrogens with zero attached hydrogens (tertiary/aromatic N) is 1. The zero-order valence-electron chi connectivity index (χ0n) is 13.0. The second-order valence-corrected chi connectivity index (χ2v) is 4.55. The number of hydrogen-bond acceptors (Lipinski definition) is 5. The molecule has 1 aromatic carbocycles. The van der Waals surface area contributed by atoms with Crippen molar-refractivity contribution in [2.24, 2.45) is 5.10 Å². The van der Waals surface area contributed by atoms with E-state index >= 15 is 0 Å². The lowest BCUT2D eigenvalue weighted by Crippen LogP contribution is -2.19. The van der Waals surface area contributed by atoms with Crippen molar-refractivity contribution >= 4 is 18.2 Å². The summed E-state index contributed by atoms with van der Waals surface area (Å²) < 4.78 is 15.5. The summed E-state index contributed by atoms with van der Waals surface area (Å²) in [5.74, 6) is 1.70. The Hall–Kier alpha value is -3.02. The number of nitrogens with one attached hydrogen (secondary N) is 1. The van der Waals surface area contributed by atoms with Crippen LogP contribution in [0.25, 0.3) is 6.08 Å². The molecule has 0 unspecified atom stereocenters. The van der Waals surface area contributed by atoms with E-state index in [1.807, 2.05) is 12.1 Å². The lowest BCUT2D eigenvalue weighted by molar-refractivity contribution is -0.120. The first-order valence-corrected chi connectivity index (χ1v) is 6.96. The van der Waals surface area contributed by atoms with Gasteiger partial charge in [-0.25, -0.2) is 5.43 Å². The monoisotopic (exact) mass is 314 g/mol. The number of carbonyl (C=O) groups excluding carboxylic acids is 1. The largest absolute Gasteiger partial charge is 0.493 e. The van der Waals surface area contributed by atoms with Gasteiger partial charge in [0.25, 0.3) is 0 Å². The standard InChI is InChI=1S/C17H18N2O4/c1-21-15-8-7-13(11-16(15)22-2)12-17(20)19-18-9-3-5-14-6-4-10-23-14/h3-11H,12H2,1-2H3,(H,19,20). The first-order chi connectivity index (χ1) is 11.2. The van der Waals surface area contributed by atoms with Crippen molar-refractivity contribution in [3.8, 4) is 11.5 Å². The average Bonchev–Trinajstić information content (AvgIpc) is 3.07. The third kappa shape index (κ3) is 5.03. The topological polar surface area (TPSA) is 73.1 Å². The van der Waals surface area contributed by atoms with Gasteiger partial charge in [0, 0.05) is 6.21 Å². The van der Waals surface area contributed by atoms with Crippen molar-refractivity contribution in [2.45, 2.75) is 6.42 Å². The first-order valence-electron chi connectivity index (χ1n) is 6.96. The van der Waals surface area contributed by atoms with E-state index in [2.05, 4.69) is 10.5 Å². The minimum absolute atomic E-state index is 0.194. The molecule has 1 heterocycles.